The Morgan fingerprint density at radius 1 is 0.974 bits per heavy atom. The predicted octanol–water partition coefficient (Wildman–Crippen LogP) is 2.58. The molecule has 0 unspecified atom stereocenters. The van der Waals surface area contributed by atoms with E-state index in [4.69, 9.17) is 32.3 Å². The fraction of sp³-hybridized carbons (Fsp3) is 0.158. The third kappa shape index (κ3) is 13.9. The van der Waals surface area contributed by atoms with Crippen molar-refractivity contribution in [2.45, 2.75) is 6.54 Å². The van der Waals surface area contributed by atoms with Gasteiger partial charge in [-0.1, -0.05) is 29.3 Å². The van der Waals surface area contributed by atoms with Crippen molar-refractivity contribution < 1.29 is 44.3 Å². The summed E-state index contributed by atoms with van der Waals surface area (Å²) in [5.41, 5.74) is 0.539. The zero-order valence-electron chi connectivity index (χ0n) is 19.2. The molecule has 2 heterocycles. The standard InChI is InChI=1S/C17H11Cl2F2N5O2.2CH4O3S/c18-10-4-12(21)11(20)3-9(10)16(27)24-15-5-13(25-26-15)17(28)23-7-8-1-2-14(19)22-6-8;2*1-5(2,3)4/h1-6H,7H2,(H,23,28)(H2,24,25,26,27);2*1H3,(H,2,3,4). The second-order valence-corrected chi connectivity index (χ2v) is 10.7. The Bertz CT molecular complexity index is 1460. The van der Waals surface area contributed by atoms with Gasteiger partial charge in [0.05, 0.1) is 23.1 Å². The van der Waals surface area contributed by atoms with E-state index < -0.39 is 43.7 Å². The molecule has 0 atom stereocenters. The number of benzene rings is 1. The van der Waals surface area contributed by atoms with Crippen molar-refractivity contribution in [2.24, 2.45) is 0 Å². The average molecular weight is 618 g/mol. The fourth-order valence-electron chi connectivity index (χ4n) is 2.17. The topological polar surface area (TPSA) is 209 Å². The first-order chi connectivity index (χ1) is 17.3. The Labute approximate surface area is 225 Å². The average Bonchev–Trinajstić information content (AvgIpc) is 3.22. The summed E-state index contributed by atoms with van der Waals surface area (Å²) in [4.78, 5) is 28.2. The van der Waals surface area contributed by atoms with Gasteiger partial charge in [-0.25, -0.2) is 13.8 Å². The Kier molecular flexibility index (Phi) is 12.2. The van der Waals surface area contributed by atoms with Crippen molar-refractivity contribution >= 4 is 61.1 Å². The number of pyridine rings is 1. The highest BCUT2D eigenvalue weighted by atomic mass is 35.5. The molecular formula is C19H19Cl2F2N5O8S2. The van der Waals surface area contributed by atoms with Crippen molar-refractivity contribution in [3.63, 3.8) is 0 Å². The van der Waals surface area contributed by atoms with E-state index in [0.717, 1.165) is 5.56 Å². The molecule has 208 valence electrons. The van der Waals surface area contributed by atoms with Crippen LogP contribution in [0.2, 0.25) is 10.2 Å². The quantitative estimate of drug-likeness (QED) is 0.160. The molecule has 2 amide bonds. The minimum atomic E-state index is -3.67. The third-order valence-corrected chi connectivity index (χ3v) is 4.10. The number of H-pyrrole nitrogens is 1. The van der Waals surface area contributed by atoms with E-state index in [1.807, 2.05) is 0 Å². The van der Waals surface area contributed by atoms with Crippen molar-refractivity contribution in [1.29, 1.82) is 0 Å². The molecule has 0 fully saturated rings. The summed E-state index contributed by atoms with van der Waals surface area (Å²) >= 11 is 11.4. The lowest BCUT2D eigenvalue weighted by Crippen LogP contribution is -2.23. The van der Waals surface area contributed by atoms with Crippen LogP contribution >= 0.6 is 23.2 Å². The maximum absolute atomic E-state index is 13.3. The van der Waals surface area contributed by atoms with Crippen LogP contribution in [0.3, 0.4) is 0 Å². The second-order valence-electron chi connectivity index (χ2n) is 7.01. The number of amides is 2. The number of aromatic amines is 1. The van der Waals surface area contributed by atoms with Gasteiger partial charge >= 0.3 is 0 Å². The van der Waals surface area contributed by atoms with Gasteiger partial charge in [-0.05, 0) is 23.8 Å². The molecule has 0 bridgehead atoms. The normalized spacial score (nSPS) is 10.8. The number of carbonyl (C=O) groups is 2. The Morgan fingerprint density at radius 2 is 1.53 bits per heavy atom. The van der Waals surface area contributed by atoms with E-state index in [-0.39, 0.29) is 28.6 Å². The van der Waals surface area contributed by atoms with Gasteiger partial charge < -0.3 is 10.6 Å². The highest BCUT2D eigenvalue weighted by Gasteiger charge is 2.17. The lowest BCUT2D eigenvalue weighted by molar-refractivity contribution is 0.0945. The van der Waals surface area contributed by atoms with Gasteiger partial charge in [0.25, 0.3) is 32.1 Å². The highest BCUT2D eigenvalue weighted by Crippen LogP contribution is 2.21. The van der Waals surface area contributed by atoms with Crippen LogP contribution in [-0.2, 0) is 26.8 Å². The molecule has 1 aromatic carbocycles. The molecule has 0 saturated carbocycles. The first-order valence-corrected chi connectivity index (χ1v) is 14.0. The molecule has 0 saturated heterocycles. The van der Waals surface area contributed by atoms with Crippen LogP contribution in [0.5, 0.6) is 0 Å². The Morgan fingerprint density at radius 3 is 2.05 bits per heavy atom. The number of nitrogens with zero attached hydrogens (tertiary/aromatic N) is 2. The zero-order chi connectivity index (χ0) is 29.3. The molecule has 13 nitrogen and oxygen atoms in total. The predicted molar refractivity (Wildman–Crippen MR) is 133 cm³/mol. The van der Waals surface area contributed by atoms with E-state index in [1.165, 1.54) is 12.3 Å². The fourth-order valence-corrected chi connectivity index (χ4v) is 2.52. The lowest BCUT2D eigenvalue weighted by atomic mass is 10.2. The summed E-state index contributed by atoms with van der Waals surface area (Å²) in [6, 6.07) is 5.95. The van der Waals surface area contributed by atoms with E-state index in [2.05, 4.69) is 25.8 Å². The van der Waals surface area contributed by atoms with Crippen LogP contribution in [0.1, 0.15) is 26.4 Å². The summed E-state index contributed by atoms with van der Waals surface area (Å²) in [6.07, 6.45) is 2.95. The van der Waals surface area contributed by atoms with E-state index in [1.54, 1.807) is 12.1 Å². The van der Waals surface area contributed by atoms with Gasteiger partial charge in [-0.3, -0.25) is 23.8 Å². The molecule has 0 aliphatic carbocycles. The molecule has 5 N–H and O–H groups in total. The van der Waals surface area contributed by atoms with Gasteiger partial charge in [0, 0.05) is 18.8 Å². The highest BCUT2D eigenvalue weighted by molar-refractivity contribution is 7.85. The van der Waals surface area contributed by atoms with Gasteiger partial charge in [0.2, 0.25) is 0 Å². The zero-order valence-corrected chi connectivity index (χ0v) is 22.4. The van der Waals surface area contributed by atoms with E-state index in [9.17, 15) is 35.2 Å². The molecule has 3 aromatic rings. The molecule has 0 aliphatic rings. The first kappa shape index (κ1) is 32.8. The number of rotatable bonds is 5. The van der Waals surface area contributed by atoms with Gasteiger partial charge in [0.15, 0.2) is 17.5 Å². The number of anilines is 1. The van der Waals surface area contributed by atoms with Gasteiger partial charge in [-0.15, -0.1) is 0 Å². The molecule has 19 heteroatoms. The number of aromatic nitrogens is 3. The summed E-state index contributed by atoms with van der Waals surface area (Å²) in [6.45, 7) is 0.203. The number of nitrogens with one attached hydrogen (secondary N) is 3. The van der Waals surface area contributed by atoms with Gasteiger partial charge in [0.1, 0.15) is 10.8 Å². The van der Waals surface area contributed by atoms with Crippen LogP contribution in [0.4, 0.5) is 14.6 Å². The number of hydrogen-bond acceptors (Lipinski definition) is 8. The molecule has 2 aromatic heterocycles. The minimum Gasteiger partial charge on any atom is -0.347 e. The minimum absolute atomic E-state index is 0.00381. The Hall–Kier alpha value is -3.22. The number of carbonyl (C=O) groups excluding carboxylic acids is 2. The molecule has 0 spiro atoms. The monoisotopic (exact) mass is 617 g/mol. The number of hydrogen-bond donors (Lipinski definition) is 5. The molecule has 38 heavy (non-hydrogen) atoms. The first-order valence-electron chi connectivity index (χ1n) is 9.58. The SMILES string of the molecule is CS(=O)(=O)O.CS(=O)(=O)O.O=C(NCc1ccc(Cl)nc1)c1cc(NC(=O)c2cc(F)c(F)cc2Cl)n[nH]1. The smallest absolute Gasteiger partial charge is 0.269 e. The largest absolute Gasteiger partial charge is 0.347 e. The van der Waals surface area contributed by atoms with Crippen LogP contribution in [0.15, 0.2) is 36.5 Å². The molecule has 0 radical (unpaired) electrons. The summed E-state index contributed by atoms with van der Waals surface area (Å²) in [5.74, 6) is -3.67. The summed E-state index contributed by atoms with van der Waals surface area (Å²) in [7, 11) is -7.33. The second kappa shape index (κ2) is 14.1. The van der Waals surface area contributed by atoms with Crippen LogP contribution in [0, 0.1) is 11.6 Å². The maximum atomic E-state index is 13.3. The summed E-state index contributed by atoms with van der Waals surface area (Å²) in [5, 5.41) is 11.3. The van der Waals surface area contributed by atoms with Crippen molar-refractivity contribution in [1.82, 2.24) is 20.5 Å². The number of halogens is 4. The van der Waals surface area contributed by atoms with Crippen molar-refractivity contribution in [3.8, 4) is 0 Å². The summed E-state index contributed by atoms with van der Waals surface area (Å²) < 4.78 is 78.1. The molecular weight excluding hydrogens is 599 g/mol. The third-order valence-electron chi connectivity index (χ3n) is 3.56. The lowest BCUT2D eigenvalue weighted by Gasteiger charge is -2.05. The van der Waals surface area contributed by atoms with Crippen molar-refractivity contribution in [3.05, 3.63) is 75.2 Å². The van der Waals surface area contributed by atoms with Gasteiger partial charge in [-0.2, -0.15) is 21.9 Å². The molecule has 0 aliphatic heterocycles. The van der Waals surface area contributed by atoms with E-state index in [0.29, 0.717) is 29.8 Å². The van der Waals surface area contributed by atoms with Crippen molar-refractivity contribution in [2.75, 3.05) is 17.8 Å². The van der Waals surface area contributed by atoms with E-state index >= 15 is 0 Å². The van der Waals surface area contributed by atoms with Crippen LogP contribution in [0.25, 0.3) is 0 Å². The molecule has 3 rings (SSSR count). The van der Waals surface area contributed by atoms with Crippen LogP contribution < -0.4 is 10.6 Å². The van der Waals surface area contributed by atoms with Crippen LogP contribution in [-0.4, -0.2) is 65.4 Å². The maximum Gasteiger partial charge on any atom is 0.269 e. The Balaban J connectivity index is 0.000000616.